The van der Waals surface area contributed by atoms with E-state index in [1.807, 2.05) is 0 Å². The number of methoxy groups -OCH3 is 1. The normalized spacial score (nSPS) is 11.1. The Morgan fingerprint density at radius 3 is 2.59 bits per heavy atom. The van der Waals surface area contributed by atoms with Crippen molar-refractivity contribution in [2.24, 2.45) is 0 Å². The number of anilines is 1. The first-order valence-corrected chi connectivity index (χ1v) is 7.35. The number of rotatable bonds is 6. The van der Waals surface area contributed by atoms with E-state index in [2.05, 4.69) is 10.1 Å². The highest BCUT2D eigenvalue weighted by atomic mass is 19.3. The molecular weight excluding hydrogens is 368 g/mol. The van der Waals surface area contributed by atoms with Crippen LogP contribution in [0.1, 0.15) is 5.56 Å². The Morgan fingerprint density at radius 2 is 2.00 bits per heavy atom. The highest BCUT2D eigenvalue weighted by Crippen LogP contribution is 2.34. The van der Waals surface area contributed by atoms with E-state index in [0.717, 1.165) is 18.2 Å². The summed E-state index contributed by atoms with van der Waals surface area (Å²) in [7, 11) is 1.23. The van der Waals surface area contributed by atoms with Crippen molar-refractivity contribution < 1.29 is 31.8 Å². The van der Waals surface area contributed by atoms with E-state index in [0.29, 0.717) is 6.07 Å². The van der Waals surface area contributed by atoms with Crippen molar-refractivity contribution in [2.45, 2.75) is 6.61 Å². The molecule has 0 saturated carbocycles. The molecule has 2 aromatic rings. The molecule has 0 atom stereocenters. The summed E-state index contributed by atoms with van der Waals surface area (Å²) in [5, 5.41) is 11.3. The summed E-state index contributed by atoms with van der Waals surface area (Å²) in [6.07, 6.45) is 0.983. The minimum Gasteiger partial charge on any atom is -0.493 e. The van der Waals surface area contributed by atoms with Gasteiger partial charge in [-0.15, -0.1) is 0 Å². The molecule has 0 unspecified atom stereocenters. The number of ether oxygens (including phenoxy) is 2. The number of nitrogens with one attached hydrogen (secondary N) is 1. The Labute approximate surface area is 151 Å². The van der Waals surface area contributed by atoms with Crippen LogP contribution in [0.15, 0.2) is 42.0 Å². The number of carbonyl (C=O) groups is 1. The largest absolute Gasteiger partial charge is 0.493 e. The van der Waals surface area contributed by atoms with Crippen LogP contribution in [0, 0.1) is 23.0 Å². The molecule has 0 aromatic heterocycles. The smallest absolute Gasteiger partial charge is 0.387 e. The Bertz CT molecular complexity index is 923. The minimum absolute atomic E-state index is 0.0269. The van der Waals surface area contributed by atoms with E-state index >= 15 is 0 Å². The lowest BCUT2D eigenvalue weighted by Gasteiger charge is -2.12. The number of alkyl halides is 2. The monoisotopic (exact) mass is 380 g/mol. The molecule has 0 fully saturated rings. The van der Waals surface area contributed by atoms with E-state index in [1.165, 1.54) is 25.3 Å². The van der Waals surface area contributed by atoms with Crippen molar-refractivity contribution in [1.82, 2.24) is 0 Å². The van der Waals surface area contributed by atoms with Gasteiger partial charge in [0, 0.05) is 11.6 Å². The van der Waals surface area contributed by atoms with Gasteiger partial charge < -0.3 is 14.8 Å². The maximum Gasteiger partial charge on any atom is 0.387 e. The second kappa shape index (κ2) is 8.71. The molecule has 0 aliphatic heterocycles. The number of para-hydroxylation sites is 1. The molecule has 0 heterocycles. The fraction of sp³-hybridized carbons (Fsp3) is 0.111. The highest BCUT2D eigenvalue weighted by Gasteiger charge is 2.17. The summed E-state index contributed by atoms with van der Waals surface area (Å²) >= 11 is 0. The van der Waals surface area contributed by atoms with Crippen LogP contribution in [0.5, 0.6) is 11.5 Å². The molecule has 2 rings (SSSR count). The van der Waals surface area contributed by atoms with Gasteiger partial charge in [-0.25, -0.2) is 8.78 Å². The first-order chi connectivity index (χ1) is 12.8. The van der Waals surface area contributed by atoms with Crippen molar-refractivity contribution in [3.63, 3.8) is 0 Å². The van der Waals surface area contributed by atoms with Gasteiger partial charge in [-0.1, -0.05) is 12.1 Å². The number of halogens is 4. The average molecular weight is 380 g/mol. The Hall–Kier alpha value is -3.54. The van der Waals surface area contributed by atoms with Gasteiger partial charge in [-0.2, -0.15) is 14.0 Å². The topological polar surface area (TPSA) is 71.3 Å². The molecule has 0 aliphatic carbocycles. The predicted octanol–water partition coefficient (Wildman–Crippen LogP) is 4.12. The van der Waals surface area contributed by atoms with Gasteiger partial charge in [-0.3, -0.25) is 4.79 Å². The van der Waals surface area contributed by atoms with Crippen LogP contribution < -0.4 is 14.8 Å². The molecule has 0 bridgehead atoms. The number of hydrogen-bond acceptors (Lipinski definition) is 4. The predicted molar refractivity (Wildman–Crippen MR) is 88.2 cm³/mol. The van der Waals surface area contributed by atoms with Gasteiger partial charge in [0.15, 0.2) is 11.5 Å². The van der Waals surface area contributed by atoms with Crippen LogP contribution in [-0.2, 0) is 4.79 Å². The number of nitriles is 1. The van der Waals surface area contributed by atoms with Gasteiger partial charge in [0.2, 0.25) is 0 Å². The van der Waals surface area contributed by atoms with Crippen molar-refractivity contribution in [2.75, 3.05) is 12.4 Å². The number of carbonyl (C=O) groups excluding carboxylic acids is 1. The summed E-state index contributed by atoms with van der Waals surface area (Å²) in [4.78, 5) is 12.2. The van der Waals surface area contributed by atoms with E-state index in [9.17, 15) is 27.6 Å². The molecule has 5 nitrogen and oxygen atoms in total. The molecule has 0 saturated heterocycles. The minimum atomic E-state index is -3.17. The summed E-state index contributed by atoms with van der Waals surface area (Å²) < 4.78 is 61.2. The summed E-state index contributed by atoms with van der Waals surface area (Å²) in [5.74, 6) is -3.31. The fourth-order valence-corrected chi connectivity index (χ4v) is 2.11. The standard InChI is InChI=1S/C18H12F4N2O3/c1-26-15-4-2-3-10(16(15)27-18(21)22)7-11(9-23)17(25)24-14-6-5-12(19)8-13(14)20/h2-8,18H,1H3,(H,24,25)/b11-7+. The molecule has 0 radical (unpaired) electrons. The van der Waals surface area contributed by atoms with E-state index < -0.39 is 29.7 Å². The molecule has 9 heteroatoms. The second-order valence-electron chi connectivity index (χ2n) is 5.01. The molecule has 27 heavy (non-hydrogen) atoms. The first kappa shape index (κ1) is 19.8. The number of benzene rings is 2. The van der Waals surface area contributed by atoms with Gasteiger partial charge >= 0.3 is 6.61 Å². The maximum absolute atomic E-state index is 13.6. The van der Waals surface area contributed by atoms with E-state index in [1.54, 1.807) is 6.07 Å². The second-order valence-corrected chi connectivity index (χ2v) is 5.01. The van der Waals surface area contributed by atoms with Crippen molar-refractivity contribution >= 4 is 17.7 Å². The van der Waals surface area contributed by atoms with Gasteiger partial charge in [-0.05, 0) is 24.3 Å². The summed E-state index contributed by atoms with van der Waals surface area (Å²) in [5.41, 5.74) is -0.899. The lowest BCUT2D eigenvalue weighted by Crippen LogP contribution is -2.14. The quantitative estimate of drug-likeness (QED) is 0.465. The average Bonchev–Trinajstić information content (AvgIpc) is 2.62. The van der Waals surface area contributed by atoms with Gasteiger partial charge in [0.25, 0.3) is 5.91 Å². The zero-order valence-electron chi connectivity index (χ0n) is 13.8. The fourth-order valence-electron chi connectivity index (χ4n) is 2.11. The number of nitrogens with zero attached hydrogens (tertiary/aromatic N) is 1. The first-order valence-electron chi connectivity index (χ1n) is 7.35. The van der Waals surface area contributed by atoms with E-state index in [4.69, 9.17) is 4.74 Å². The Balaban J connectivity index is 2.38. The molecule has 2 aromatic carbocycles. The number of amides is 1. The summed E-state index contributed by atoms with van der Waals surface area (Å²) in [6.45, 7) is -3.17. The lowest BCUT2D eigenvalue weighted by atomic mass is 10.1. The lowest BCUT2D eigenvalue weighted by molar-refractivity contribution is -0.112. The molecule has 140 valence electrons. The van der Waals surface area contributed by atoms with Crippen LogP contribution in [0.3, 0.4) is 0 Å². The van der Waals surface area contributed by atoms with Crippen LogP contribution >= 0.6 is 0 Å². The van der Waals surface area contributed by atoms with Crippen molar-refractivity contribution in [1.29, 1.82) is 5.26 Å². The van der Waals surface area contributed by atoms with Crippen LogP contribution in [-0.4, -0.2) is 19.6 Å². The third kappa shape index (κ3) is 4.98. The highest BCUT2D eigenvalue weighted by molar-refractivity contribution is 6.09. The third-order valence-electron chi connectivity index (χ3n) is 3.28. The zero-order valence-corrected chi connectivity index (χ0v) is 13.8. The van der Waals surface area contributed by atoms with Crippen LogP contribution in [0.2, 0.25) is 0 Å². The third-order valence-corrected chi connectivity index (χ3v) is 3.28. The molecule has 1 amide bonds. The SMILES string of the molecule is COc1cccc(/C=C(\C#N)C(=O)Nc2ccc(F)cc2F)c1OC(F)F. The zero-order chi connectivity index (χ0) is 20.0. The van der Waals surface area contributed by atoms with Gasteiger partial charge in [0.1, 0.15) is 23.3 Å². The Kier molecular flexibility index (Phi) is 6.38. The summed E-state index contributed by atoms with van der Waals surface area (Å²) in [6, 6.07) is 8.17. The number of hydrogen-bond donors (Lipinski definition) is 1. The van der Waals surface area contributed by atoms with E-state index in [-0.39, 0.29) is 22.7 Å². The Morgan fingerprint density at radius 1 is 1.26 bits per heavy atom. The van der Waals surface area contributed by atoms with Gasteiger partial charge in [0.05, 0.1) is 12.8 Å². The van der Waals surface area contributed by atoms with Crippen LogP contribution in [0.4, 0.5) is 23.2 Å². The van der Waals surface area contributed by atoms with Crippen LogP contribution in [0.25, 0.3) is 6.08 Å². The van der Waals surface area contributed by atoms with Crippen molar-refractivity contribution in [3.05, 3.63) is 59.2 Å². The van der Waals surface area contributed by atoms with Crippen molar-refractivity contribution in [3.8, 4) is 17.6 Å². The molecule has 0 aliphatic rings. The molecule has 0 spiro atoms. The molecule has 1 N–H and O–H groups in total. The maximum atomic E-state index is 13.6. The molecular formula is C18H12F4N2O3.